The Balaban J connectivity index is 0.896. The Morgan fingerprint density at radius 1 is 0.220 bits per heavy atom. The zero-order valence-electron chi connectivity index (χ0n) is 64.0. The van der Waals surface area contributed by atoms with Gasteiger partial charge in [0.2, 0.25) is 35.4 Å². The van der Waals surface area contributed by atoms with E-state index in [2.05, 4.69) is 31.9 Å². The van der Waals surface area contributed by atoms with Crippen LogP contribution in [-0.4, -0.2) is 488 Å². The summed E-state index contributed by atoms with van der Waals surface area (Å²) in [7, 11) is 0. The lowest BCUT2D eigenvalue weighted by Gasteiger charge is -2.51. The number of hydrogen-bond acceptors (Lipinski definition) is 46. The van der Waals surface area contributed by atoms with Crippen LogP contribution < -0.4 is 31.9 Å². The maximum Gasteiger partial charge on any atom is 0.217 e. The van der Waals surface area contributed by atoms with Crippen LogP contribution in [0.5, 0.6) is 0 Å². The van der Waals surface area contributed by atoms with Crippen LogP contribution in [0.2, 0.25) is 0 Å². The third-order valence-electron chi connectivity index (χ3n) is 21.2. The Bertz CT molecular complexity index is 3230. The average molecular weight is 1720 g/mol. The molecule has 0 aromatic rings. The first kappa shape index (κ1) is 97.0. The van der Waals surface area contributed by atoms with Crippen molar-refractivity contribution in [1.29, 1.82) is 0 Å². The Morgan fingerprint density at radius 2 is 0.432 bits per heavy atom. The molecule has 0 aromatic heterocycles. The molecule has 9 aliphatic heterocycles. The van der Waals surface area contributed by atoms with Crippen molar-refractivity contribution in [2.24, 2.45) is 0 Å². The number of carbonyl (C=O) groups is 6. The van der Waals surface area contributed by atoms with E-state index in [1.54, 1.807) is 0 Å². The lowest BCUT2D eigenvalue weighted by atomic mass is 9.93. The quantitative estimate of drug-likeness (QED) is 0.0306. The number of carbonyl (C=O) groups excluding carboxylic acids is 6. The van der Waals surface area contributed by atoms with Gasteiger partial charge in [-0.1, -0.05) is 0 Å². The molecule has 680 valence electrons. The molecule has 0 radical (unpaired) electrons. The first-order valence-electron chi connectivity index (χ1n) is 37.6. The Morgan fingerprint density at radius 3 is 0.720 bits per heavy atom. The highest BCUT2D eigenvalue weighted by Crippen LogP contribution is 2.40. The zero-order chi connectivity index (χ0) is 87.1. The number of aliphatic hydroxyl groups is 23. The van der Waals surface area contributed by atoms with Gasteiger partial charge in [-0.3, -0.25) is 28.8 Å². The molecule has 9 aliphatic rings. The monoisotopic (exact) mass is 1720 g/mol. The van der Waals surface area contributed by atoms with Gasteiger partial charge < -0.3 is 230 Å². The maximum absolute atomic E-state index is 13.0. The highest BCUT2D eigenvalue weighted by atomic mass is 16.8. The van der Waals surface area contributed by atoms with Crippen molar-refractivity contribution in [2.75, 3.05) is 59.5 Å². The Hall–Kier alpha value is -4.78. The van der Waals surface area contributed by atoms with Crippen molar-refractivity contribution in [1.82, 2.24) is 31.9 Å². The summed E-state index contributed by atoms with van der Waals surface area (Å²) < 4.78 is 100. The molecule has 9 heterocycles. The molecule has 0 bridgehead atoms. The van der Waals surface area contributed by atoms with E-state index in [0.717, 1.165) is 41.5 Å². The summed E-state index contributed by atoms with van der Waals surface area (Å²) in [5, 5.41) is 271. The SMILES string of the molecule is CC(=O)N[C@@H]1[C@@H](O[C@@H]2O[C@H](CO)[C@H](O)[C@H](O[C@@H]3O[C@H](CO)[C@@H](O[C@@H]4O[C@H](CO)[C@H](O)[C@H](O[C@@H]5O[C@H](CO)[C@@H](O[C@@H]6O[C@H](CO)[C@H](O)[C@H](O[C@@H]7O[C@H](CO)[C@@H](O)[C@H](O)[C@H]7NC(C)=O)[C@H]6O)[C@H](O)[C@H]5NC(C)=O)[C@H]4O)[C@H](O)[C@H]3NC(C)=O)[C@H]2O)[C@@H](O)[C@@H](CO[C@@H]2O[C@H](CO)[C@@H](O[C@@H]3O[C@H](CO)[C@H](O)[C@H](O)[C@H]3NC(C)=O)[C@H](O)[C@H]2NC(C)=O)O[C@@H]1O. The minimum atomic E-state index is -2.38. The second-order valence-corrected chi connectivity index (χ2v) is 29.6. The van der Waals surface area contributed by atoms with Crippen molar-refractivity contribution in [3.8, 4) is 0 Å². The van der Waals surface area contributed by atoms with Gasteiger partial charge in [-0.15, -0.1) is 0 Å². The summed E-state index contributed by atoms with van der Waals surface area (Å²) in [6, 6.07) is -10.6. The third kappa shape index (κ3) is 21.9. The summed E-state index contributed by atoms with van der Waals surface area (Å²) in [5.41, 5.74) is 0. The molecule has 6 amide bonds. The van der Waals surface area contributed by atoms with Gasteiger partial charge in [0.05, 0.1) is 59.5 Å². The average Bonchev–Trinajstić information content (AvgIpc) is 0.773. The van der Waals surface area contributed by atoms with E-state index in [0.29, 0.717) is 0 Å². The molecule has 45 atom stereocenters. The summed E-state index contributed by atoms with van der Waals surface area (Å²) in [5.74, 6) is -5.15. The maximum atomic E-state index is 13.0. The van der Waals surface area contributed by atoms with Gasteiger partial charge in [-0.05, 0) is 0 Å². The van der Waals surface area contributed by atoms with E-state index in [1.165, 1.54) is 0 Å². The first-order valence-corrected chi connectivity index (χ1v) is 37.6. The second kappa shape index (κ2) is 42.7. The largest absolute Gasteiger partial charge is 0.394 e. The van der Waals surface area contributed by atoms with Crippen LogP contribution in [0, 0.1) is 0 Å². The van der Waals surface area contributed by atoms with Gasteiger partial charge >= 0.3 is 0 Å². The lowest BCUT2D eigenvalue weighted by Crippen LogP contribution is -2.71. The molecule has 0 aromatic carbocycles. The van der Waals surface area contributed by atoms with Crippen LogP contribution >= 0.6 is 0 Å². The number of hydrogen-bond donors (Lipinski definition) is 29. The number of amides is 6. The third-order valence-corrected chi connectivity index (χ3v) is 21.2. The molecule has 0 aliphatic carbocycles. The number of nitrogens with one attached hydrogen (secondary N) is 6. The molecule has 118 heavy (non-hydrogen) atoms. The van der Waals surface area contributed by atoms with Crippen LogP contribution in [0.3, 0.4) is 0 Å². The lowest BCUT2D eigenvalue weighted by molar-refractivity contribution is -0.387. The van der Waals surface area contributed by atoms with E-state index >= 15 is 0 Å². The van der Waals surface area contributed by atoms with Gasteiger partial charge in [0, 0.05) is 41.5 Å². The fraction of sp³-hybridized carbons (Fsp3) is 0.909. The second-order valence-electron chi connectivity index (χ2n) is 29.6. The van der Waals surface area contributed by atoms with E-state index in [9.17, 15) is 146 Å². The molecule has 52 nitrogen and oxygen atoms in total. The minimum Gasteiger partial charge on any atom is -0.394 e. The molecule has 9 rings (SSSR count). The van der Waals surface area contributed by atoms with Crippen molar-refractivity contribution in [3.05, 3.63) is 0 Å². The van der Waals surface area contributed by atoms with Gasteiger partial charge in [0.25, 0.3) is 0 Å². The smallest absolute Gasteiger partial charge is 0.217 e. The first-order chi connectivity index (χ1) is 55.8. The van der Waals surface area contributed by atoms with E-state index < -0.39 is 371 Å². The van der Waals surface area contributed by atoms with Gasteiger partial charge in [0.15, 0.2) is 56.6 Å². The van der Waals surface area contributed by atoms with Crippen molar-refractivity contribution >= 4 is 35.4 Å². The summed E-state index contributed by atoms with van der Waals surface area (Å²) in [6.07, 6.45) is -77.6. The number of ether oxygens (including phenoxy) is 17. The van der Waals surface area contributed by atoms with Gasteiger partial charge in [-0.25, -0.2) is 0 Å². The number of aliphatic hydroxyl groups excluding tert-OH is 23. The summed E-state index contributed by atoms with van der Waals surface area (Å²) in [4.78, 5) is 75.7. The summed E-state index contributed by atoms with van der Waals surface area (Å²) in [6.45, 7) is -3.42. The van der Waals surface area contributed by atoms with Crippen LogP contribution in [0.4, 0.5) is 0 Å². The molecular formula is C66H110N6O46. The van der Waals surface area contributed by atoms with Crippen molar-refractivity contribution < 1.29 is 227 Å². The molecular weight excluding hydrogens is 1610 g/mol. The number of rotatable bonds is 31. The van der Waals surface area contributed by atoms with Crippen molar-refractivity contribution in [2.45, 2.75) is 318 Å². The van der Waals surface area contributed by atoms with Gasteiger partial charge in [-0.2, -0.15) is 0 Å². The molecule has 0 saturated carbocycles. The highest BCUT2D eigenvalue weighted by molar-refractivity contribution is 5.75. The van der Waals surface area contributed by atoms with E-state index in [4.69, 9.17) is 80.5 Å². The summed E-state index contributed by atoms with van der Waals surface area (Å²) >= 11 is 0. The molecule has 0 unspecified atom stereocenters. The Labute approximate surface area is 669 Å². The normalized spacial score (nSPS) is 46.9. The Kier molecular flexibility index (Phi) is 35.1. The van der Waals surface area contributed by atoms with Gasteiger partial charge in [0.1, 0.15) is 219 Å². The van der Waals surface area contributed by atoms with E-state index in [-0.39, 0.29) is 0 Å². The predicted octanol–water partition coefficient (Wildman–Crippen LogP) is -19.8. The van der Waals surface area contributed by atoms with Crippen LogP contribution in [-0.2, 0) is 109 Å². The van der Waals surface area contributed by atoms with Crippen LogP contribution in [0.1, 0.15) is 41.5 Å². The molecule has 9 saturated heterocycles. The standard InChI is InChI=1S/C66H110N6O46/c1-16(81)67-31-43(93)37(87)22(7-73)104-60(31)112-51-27(12-78)109-59(33(45(51)95)69-18(3)83)102-15-30-42(92)54(36(58(101)103-30)72-21(6)86)115-66-50(100)57(41(91)26(11-77)108-66)118-63-35(71-20(5)85)47(97)53(29(14-80)111-63)114-65-49(99)56(40(90)25(10-76)107-65)117-62-34(70-19(4)84)46(96)52(28(13-79)110-62)113-64-48(98)55(39(89)24(9-75)106-64)116-61-32(68-17(2)82)44(94)38(88)23(8-74)105-61/h22-66,73-80,87-101H,7-15H2,1-6H3,(H,67,81)(H,68,82)(H,69,83)(H,70,84)(H,71,85)(H,72,86)/t22-,23-,24-,25-,26-,27-,28-,29-,30-,31-,32-,33-,34-,35-,36-,37+,38-,39+,40+,41+,42+,43-,44-,45-,46-,47-,48-,49-,50-,51-,52-,53-,54-,55+,56+,57+,58+,59-,60+,61+,62+,63+,64+,65+,66+/m1/s1. The van der Waals surface area contributed by atoms with Crippen LogP contribution in [0.15, 0.2) is 0 Å². The fourth-order valence-corrected chi connectivity index (χ4v) is 15.3. The topological polar surface area (TPSA) is 797 Å². The van der Waals surface area contributed by atoms with Crippen molar-refractivity contribution in [3.63, 3.8) is 0 Å². The van der Waals surface area contributed by atoms with Crippen LogP contribution in [0.25, 0.3) is 0 Å². The molecule has 29 N–H and O–H groups in total. The highest BCUT2D eigenvalue weighted by Gasteiger charge is 2.61. The molecule has 52 heteroatoms. The fourth-order valence-electron chi connectivity index (χ4n) is 15.3. The molecule has 9 fully saturated rings. The van der Waals surface area contributed by atoms with E-state index in [1.807, 2.05) is 0 Å². The minimum absolute atomic E-state index is 0.751. The predicted molar refractivity (Wildman–Crippen MR) is 367 cm³/mol. The zero-order valence-corrected chi connectivity index (χ0v) is 64.0. The molecule has 0 spiro atoms.